The highest BCUT2D eigenvalue weighted by atomic mass is 35.5. The van der Waals surface area contributed by atoms with Crippen LogP contribution in [0.15, 0.2) is 18.2 Å². The lowest BCUT2D eigenvalue weighted by Gasteiger charge is -2.23. The molecule has 1 aliphatic rings. The maximum Gasteiger partial charge on any atom is 0.255 e. The SMILES string of the molecule is O=C(NCC1CNCCO1)c1ccc(Cl)cc1O. The van der Waals surface area contributed by atoms with Crippen LogP contribution in [-0.2, 0) is 4.74 Å². The summed E-state index contributed by atoms with van der Waals surface area (Å²) in [5.41, 5.74) is 0.211. The molecule has 0 bridgehead atoms. The predicted molar refractivity (Wildman–Crippen MR) is 68.1 cm³/mol. The molecule has 18 heavy (non-hydrogen) atoms. The van der Waals surface area contributed by atoms with Gasteiger partial charge in [0.15, 0.2) is 0 Å². The molecule has 1 heterocycles. The third-order valence-corrected chi connectivity index (χ3v) is 2.93. The van der Waals surface area contributed by atoms with Crippen molar-refractivity contribution in [3.63, 3.8) is 0 Å². The number of carbonyl (C=O) groups is 1. The number of phenolic OH excluding ortho intramolecular Hbond substituents is 1. The molecule has 0 spiro atoms. The Morgan fingerprint density at radius 2 is 2.44 bits per heavy atom. The van der Waals surface area contributed by atoms with Crippen LogP contribution < -0.4 is 10.6 Å². The molecule has 3 N–H and O–H groups in total. The first-order chi connectivity index (χ1) is 8.66. The quantitative estimate of drug-likeness (QED) is 0.759. The summed E-state index contributed by atoms with van der Waals surface area (Å²) in [6.45, 7) is 2.61. The Morgan fingerprint density at radius 3 is 3.11 bits per heavy atom. The lowest BCUT2D eigenvalue weighted by Crippen LogP contribution is -2.45. The number of carbonyl (C=O) groups excluding carboxylic acids is 1. The van der Waals surface area contributed by atoms with E-state index >= 15 is 0 Å². The summed E-state index contributed by atoms with van der Waals surface area (Å²) in [5.74, 6) is -0.457. The van der Waals surface area contributed by atoms with Gasteiger partial charge in [-0.25, -0.2) is 0 Å². The second kappa shape index (κ2) is 6.04. The zero-order valence-corrected chi connectivity index (χ0v) is 10.5. The third kappa shape index (κ3) is 3.35. The fourth-order valence-corrected chi connectivity index (χ4v) is 1.92. The minimum Gasteiger partial charge on any atom is -0.507 e. The summed E-state index contributed by atoms with van der Waals surface area (Å²) in [6, 6.07) is 4.40. The molecule has 1 amide bonds. The van der Waals surface area contributed by atoms with Crippen LogP contribution in [0, 0.1) is 0 Å². The van der Waals surface area contributed by atoms with E-state index in [2.05, 4.69) is 10.6 Å². The number of aromatic hydroxyl groups is 1. The molecule has 1 aromatic carbocycles. The van der Waals surface area contributed by atoms with Gasteiger partial charge >= 0.3 is 0 Å². The minimum atomic E-state index is -0.335. The van der Waals surface area contributed by atoms with Gasteiger partial charge in [0, 0.05) is 24.7 Å². The Balaban J connectivity index is 1.90. The molecule has 5 nitrogen and oxygen atoms in total. The Labute approximate surface area is 110 Å². The van der Waals surface area contributed by atoms with Gasteiger partial charge in [0.2, 0.25) is 0 Å². The lowest BCUT2D eigenvalue weighted by molar-refractivity contribution is 0.0287. The van der Waals surface area contributed by atoms with Crippen LogP contribution in [0.2, 0.25) is 5.02 Å². The zero-order chi connectivity index (χ0) is 13.0. The van der Waals surface area contributed by atoms with Gasteiger partial charge in [-0.2, -0.15) is 0 Å². The number of morpholine rings is 1. The van der Waals surface area contributed by atoms with Crippen LogP contribution in [0.1, 0.15) is 10.4 Å². The second-order valence-corrected chi connectivity index (χ2v) is 4.50. The van der Waals surface area contributed by atoms with Crippen molar-refractivity contribution in [2.45, 2.75) is 6.10 Å². The summed E-state index contributed by atoms with van der Waals surface area (Å²) in [4.78, 5) is 11.8. The molecule has 0 radical (unpaired) electrons. The monoisotopic (exact) mass is 270 g/mol. The summed E-state index contributed by atoms with van der Waals surface area (Å²) in [6.07, 6.45) is -0.0304. The number of phenols is 1. The second-order valence-electron chi connectivity index (χ2n) is 4.07. The fourth-order valence-electron chi connectivity index (χ4n) is 1.75. The fraction of sp³-hybridized carbons (Fsp3) is 0.417. The molecule has 6 heteroatoms. The number of rotatable bonds is 3. The molecule has 98 valence electrons. The van der Waals surface area contributed by atoms with Crippen LogP contribution in [0.4, 0.5) is 0 Å². The number of ether oxygens (including phenoxy) is 1. The average molecular weight is 271 g/mol. The summed E-state index contributed by atoms with van der Waals surface area (Å²) in [5, 5.41) is 15.9. The van der Waals surface area contributed by atoms with E-state index in [0.29, 0.717) is 24.7 Å². The molecule has 1 aliphatic heterocycles. The molecule has 1 saturated heterocycles. The first-order valence-corrected chi connectivity index (χ1v) is 6.13. The normalized spacial score (nSPS) is 19.5. The number of halogens is 1. The average Bonchev–Trinajstić information content (AvgIpc) is 2.37. The van der Waals surface area contributed by atoms with E-state index in [1.807, 2.05) is 0 Å². The highest BCUT2D eigenvalue weighted by Crippen LogP contribution is 2.21. The topological polar surface area (TPSA) is 70.6 Å². The van der Waals surface area contributed by atoms with E-state index in [-0.39, 0.29) is 23.3 Å². The molecule has 0 aliphatic carbocycles. The van der Waals surface area contributed by atoms with Crippen LogP contribution in [0.5, 0.6) is 5.75 Å². The molecule has 0 aromatic heterocycles. The Bertz CT molecular complexity index is 433. The first kappa shape index (κ1) is 13.1. The molecule has 2 rings (SSSR count). The van der Waals surface area contributed by atoms with Gasteiger partial charge in [0.05, 0.1) is 18.3 Å². The van der Waals surface area contributed by atoms with Crippen LogP contribution in [0.3, 0.4) is 0 Å². The van der Waals surface area contributed by atoms with Crippen LogP contribution in [0.25, 0.3) is 0 Å². The van der Waals surface area contributed by atoms with E-state index in [9.17, 15) is 9.90 Å². The van der Waals surface area contributed by atoms with Gasteiger partial charge in [0.1, 0.15) is 5.75 Å². The number of hydrogen-bond donors (Lipinski definition) is 3. The van der Waals surface area contributed by atoms with Crippen molar-refractivity contribution in [1.82, 2.24) is 10.6 Å². The van der Waals surface area contributed by atoms with Crippen molar-refractivity contribution in [2.24, 2.45) is 0 Å². The van der Waals surface area contributed by atoms with E-state index in [1.54, 1.807) is 6.07 Å². The summed E-state index contributed by atoms with van der Waals surface area (Å²) in [7, 11) is 0. The van der Waals surface area contributed by atoms with Gasteiger partial charge in [0.25, 0.3) is 5.91 Å². The van der Waals surface area contributed by atoms with Gasteiger partial charge in [-0.05, 0) is 18.2 Å². The molecule has 0 saturated carbocycles. The van der Waals surface area contributed by atoms with Crippen molar-refractivity contribution in [2.75, 3.05) is 26.2 Å². The Kier molecular flexibility index (Phi) is 4.41. The van der Waals surface area contributed by atoms with E-state index in [0.717, 1.165) is 6.54 Å². The third-order valence-electron chi connectivity index (χ3n) is 2.70. The molecular weight excluding hydrogens is 256 g/mol. The highest BCUT2D eigenvalue weighted by molar-refractivity contribution is 6.30. The van der Waals surface area contributed by atoms with Gasteiger partial charge in [-0.15, -0.1) is 0 Å². The van der Waals surface area contributed by atoms with E-state index in [4.69, 9.17) is 16.3 Å². The Morgan fingerprint density at radius 1 is 1.61 bits per heavy atom. The number of nitrogens with one attached hydrogen (secondary N) is 2. The van der Waals surface area contributed by atoms with Crippen molar-refractivity contribution >= 4 is 17.5 Å². The van der Waals surface area contributed by atoms with Crippen molar-refractivity contribution in [3.05, 3.63) is 28.8 Å². The smallest absolute Gasteiger partial charge is 0.255 e. The largest absolute Gasteiger partial charge is 0.507 e. The summed E-state index contributed by atoms with van der Waals surface area (Å²) >= 11 is 5.70. The minimum absolute atomic E-state index is 0.0304. The number of benzene rings is 1. The molecule has 1 unspecified atom stereocenters. The number of amides is 1. The molecule has 1 fully saturated rings. The predicted octanol–water partition coefficient (Wildman–Crippen LogP) is 0.764. The zero-order valence-electron chi connectivity index (χ0n) is 9.78. The number of hydrogen-bond acceptors (Lipinski definition) is 4. The Hall–Kier alpha value is -1.30. The standard InChI is InChI=1S/C12H15ClN2O3/c13-8-1-2-10(11(16)5-8)12(17)15-7-9-6-14-3-4-18-9/h1-2,5,9,14,16H,3-4,6-7H2,(H,15,17). The lowest BCUT2D eigenvalue weighted by atomic mass is 10.2. The summed E-state index contributed by atoms with van der Waals surface area (Å²) < 4.78 is 5.45. The van der Waals surface area contributed by atoms with Gasteiger partial charge < -0.3 is 20.5 Å². The van der Waals surface area contributed by atoms with Crippen LogP contribution in [-0.4, -0.2) is 43.4 Å². The highest BCUT2D eigenvalue weighted by Gasteiger charge is 2.16. The van der Waals surface area contributed by atoms with Crippen molar-refractivity contribution in [3.8, 4) is 5.75 Å². The van der Waals surface area contributed by atoms with Gasteiger partial charge in [-0.3, -0.25) is 4.79 Å². The molecule has 1 atom stereocenters. The van der Waals surface area contributed by atoms with E-state index < -0.39 is 0 Å². The maximum absolute atomic E-state index is 11.8. The van der Waals surface area contributed by atoms with E-state index in [1.165, 1.54) is 12.1 Å². The maximum atomic E-state index is 11.8. The first-order valence-electron chi connectivity index (χ1n) is 5.76. The molecule has 1 aromatic rings. The van der Waals surface area contributed by atoms with Crippen molar-refractivity contribution < 1.29 is 14.6 Å². The van der Waals surface area contributed by atoms with Crippen molar-refractivity contribution in [1.29, 1.82) is 0 Å². The molecular formula is C12H15ClN2O3. The van der Waals surface area contributed by atoms with Crippen LogP contribution >= 0.6 is 11.6 Å². The van der Waals surface area contributed by atoms with Gasteiger partial charge in [-0.1, -0.05) is 11.6 Å².